The molecule has 0 radical (unpaired) electrons. The fraction of sp³-hybridized carbons (Fsp3) is 0.778. The average molecular weight is 344 g/mol. The van der Waals surface area contributed by atoms with E-state index in [1.165, 1.54) is 0 Å². The van der Waals surface area contributed by atoms with E-state index in [0.29, 0.717) is 30.9 Å². The summed E-state index contributed by atoms with van der Waals surface area (Å²) in [5, 5.41) is 5.94. The molecule has 3 N–H and O–H groups in total. The van der Waals surface area contributed by atoms with Gasteiger partial charge in [-0.2, -0.15) is 0 Å². The van der Waals surface area contributed by atoms with E-state index < -0.39 is 20.3 Å². The van der Waals surface area contributed by atoms with Crippen molar-refractivity contribution < 1.29 is 92.9 Å². The molecular formula is C9H16Na2O7P2. The molecule has 0 aliphatic heterocycles. The topological polar surface area (TPSA) is 141 Å². The molecule has 1 saturated carbocycles. The molecule has 1 aliphatic carbocycles. The van der Waals surface area contributed by atoms with Crippen LogP contribution in [0.25, 0.3) is 0 Å². The van der Waals surface area contributed by atoms with Gasteiger partial charge >= 0.3 is 66.7 Å². The summed E-state index contributed by atoms with van der Waals surface area (Å²) in [5.74, 6) is 0. The van der Waals surface area contributed by atoms with Gasteiger partial charge in [0.05, 0.1) is 0 Å². The zero-order valence-electron chi connectivity index (χ0n) is 12.1. The Balaban J connectivity index is 0. The number of allylic oxidation sites excluding steroid dienone is 1. The van der Waals surface area contributed by atoms with Crippen LogP contribution < -0.4 is 68.9 Å². The summed E-state index contributed by atoms with van der Waals surface area (Å²) in [6.07, 6.45) is 2.01. The normalized spacial score (nSPS) is 23.6. The van der Waals surface area contributed by atoms with Crippen molar-refractivity contribution in [1.29, 1.82) is 0 Å². The third-order valence-corrected chi connectivity index (χ3v) is 6.50. The summed E-state index contributed by atoms with van der Waals surface area (Å²) in [7, 11) is -11.4. The first-order chi connectivity index (χ1) is 7.79. The van der Waals surface area contributed by atoms with Gasteiger partial charge in [0.25, 0.3) is 0 Å². The molecule has 1 atom stereocenters. The zero-order chi connectivity index (χ0) is 14.4. The van der Waals surface area contributed by atoms with Crippen LogP contribution >= 0.6 is 15.2 Å². The second-order valence-electron chi connectivity index (χ2n) is 5.37. The van der Waals surface area contributed by atoms with Crippen molar-refractivity contribution in [2.45, 2.75) is 38.2 Å². The van der Waals surface area contributed by atoms with E-state index in [1.807, 2.05) is 13.8 Å². The maximum absolute atomic E-state index is 11.1. The monoisotopic (exact) mass is 344 g/mol. The third kappa shape index (κ3) is 5.57. The van der Waals surface area contributed by atoms with Crippen LogP contribution in [0, 0.1) is 5.41 Å². The molecule has 0 aromatic heterocycles. The Morgan fingerprint density at radius 2 is 1.70 bits per heavy atom. The van der Waals surface area contributed by atoms with Gasteiger partial charge in [-0.25, -0.2) is 0 Å². The maximum atomic E-state index is 11.1. The summed E-state index contributed by atoms with van der Waals surface area (Å²) in [5.41, 5.74) is 0.231. The van der Waals surface area contributed by atoms with Gasteiger partial charge < -0.3 is 29.2 Å². The summed E-state index contributed by atoms with van der Waals surface area (Å²) in [6, 6.07) is 0. The second kappa shape index (κ2) is 7.71. The molecular weight excluding hydrogens is 328 g/mol. The molecule has 0 saturated heterocycles. The molecule has 20 heavy (non-hydrogen) atoms. The molecule has 1 aliphatic rings. The molecule has 1 unspecified atom stereocenters. The number of aliphatic hydroxyl groups is 1. The van der Waals surface area contributed by atoms with Crippen molar-refractivity contribution in [3.05, 3.63) is 11.6 Å². The standard InChI is InChI=1S/C9H18O7P2.2Na/c1-8(2)4-3-7(5-8)6-9(10,17(11,12)13)18(14,15)16;;/h6,10H,3-5H2,1-2H3,(H2,11,12,13)(H2,14,15,16);;/q;2*+1/p-2. The van der Waals surface area contributed by atoms with Crippen molar-refractivity contribution in [3.8, 4) is 0 Å². The van der Waals surface area contributed by atoms with E-state index in [0.717, 1.165) is 0 Å². The Kier molecular flexibility index (Phi) is 9.35. The molecule has 11 heteroatoms. The molecule has 7 nitrogen and oxygen atoms in total. The second-order valence-corrected chi connectivity index (χ2v) is 9.17. The molecule has 0 spiro atoms. The zero-order valence-corrected chi connectivity index (χ0v) is 17.9. The Labute approximate surface area is 162 Å². The molecule has 106 valence electrons. The Hall–Kier alpha value is 2.00. The van der Waals surface area contributed by atoms with Gasteiger partial charge in [0.15, 0.2) is 0 Å². The van der Waals surface area contributed by atoms with Gasteiger partial charge in [-0.05, 0) is 38.3 Å². The van der Waals surface area contributed by atoms with Crippen LogP contribution in [0.15, 0.2) is 11.6 Å². The summed E-state index contributed by atoms with van der Waals surface area (Å²) >= 11 is 0. The fourth-order valence-electron chi connectivity index (χ4n) is 2.01. The van der Waals surface area contributed by atoms with E-state index in [9.17, 15) is 24.0 Å². The fourth-order valence-corrected chi connectivity index (χ4v) is 3.98. The van der Waals surface area contributed by atoms with Crippen molar-refractivity contribution in [1.82, 2.24) is 0 Å². The van der Waals surface area contributed by atoms with Gasteiger partial charge in [-0.15, -0.1) is 0 Å². The van der Waals surface area contributed by atoms with E-state index in [4.69, 9.17) is 9.79 Å². The largest absolute Gasteiger partial charge is 1.00 e. The van der Waals surface area contributed by atoms with Crippen LogP contribution in [0.4, 0.5) is 0 Å². The van der Waals surface area contributed by atoms with Crippen LogP contribution in [0.1, 0.15) is 33.1 Å². The molecule has 0 aromatic carbocycles. The summed E-state index contributed by atoms with van der Waals surface area (Å²) < 4.78 is 22.0. The minimum absolute atomic E-state index is 0. The van der Waals surface area contributed by atoms with Crippen LogP contribution in [0.3, 0.4) is 0 Å². The summed E-state index contributed by atoms with van der Waals surface area (Å²) in [6.45, 7) is 3.80. The maximum Gasteiger partial charge on any atom is 1.00 e. The van der Waals surface area contributed by atoms with Crippen molar-refractivity contribution >= 4 is 15.2 Å². The van der Waals surface area contributed by atoms with E-state index >= 15 is 0 Å². The molecule has 0 bridgehead atoms. The van der Waals surface area contributed by atoms with Crippen molar-refractivity contribution in [2.24, 2.45) is 5.41 Å². The number of rotatable bonds is 3. The molecule has 1 fully saturated rings. The van der Waals surface area contributed by atoms with E-state index in [1.54, 1.807) is 0 Å². The Bertz CT molecular complexity index is 443. The van der Waals surface area contributed by atoms with Crippen LogP contribution in [0.2, 0.25) is 0 Å². The molecule has 0 aromatic rings. The number of hydrogen-bond donors (Lipinski definition) is 3. The first kappa shape index (κ1) is 24.3. The third-order valence-electron chi connectivity index (χ3n) is 3.06. The van der Waals surface area contributed by atoms with Crippen LogP contribution in [-0.2, 0) is 9.13 Å². The minimum Gasteiger partial charge on any atom is -0.808 e. The number of hydrogen-bond acceptors (Lipinski definition) is 5. The first-order valence-corrected chi connectivity index (χ1v) is 8.45. The van der Waals surface area contributed by atoms with E-state index in [-0.39, 0.29) is 64.5 Å². The molecule has 0 amide bonds. The van der Waals surface area contributed by atoms with Crippen molar-refractivity contribution in [2.75, 3.05) is 0 Å². The van der Waals surface area contributed by atoms with Gasteiger partial charge in [-0.1, -0.05) is 19.4 Å². The molecule has 1 rings (SSSR count). The quantitative estimate of drug-likeness (QED) is 0.263. The van der Waals surface area contributed by atoms with Crippen LogP contribution in [0.5, 0.6) is 0 Å². The van der Waals surface area contributed by atoms with Gasteiger partial charge in [-0.3, -0.25) is 4.57 Å². The van der Waals surface area contributed by atoms with Gasteiger partial charge in [0.1, 0.15) is 0 Å². The minimum atomic E-state index is -5.89. The molecule has 0 heterocycles. The average Bonchev–Trinajstić information content (AvgIpc) is 2.41. The predicted octanol–water partition coefficient (Wildman–Crippen LogP) is -6.13. The Morgan fingerprint density at radius 3 is 1.95 bits per heavy atom. The predicted molar refractivity (Wildman–Crippen MR) is 60.3 cm³/mol. The van der Waals surface area contributed by atoms with E-state index in [2.05, 4.69) is 0 Å². The van der Waals surface area contributed by atoms with Crippen molar-refractivity contribution in [3.63, 3.8) is 0 Å². The SMILES string of the molecule is CC1(C)CCC(=CC(O)(P(=O)([O-])[O-])P(=O)(O)O)C1.[Na+].[Na+]. The Morgan fingerprint density at radius 1 is 1.25 bits per heavy atom. The van der Waals surface area contributed by atoms with Gasteiger partial charge in [0.2, 0.25) is 5.08 Å². The first-order valence-electron chi connectivity index (χ1n) is 5.29. The van der Waals surface area contributed by atoms with Crippen LogP contribution in [-0.4, -0.2) is 20.0 Å². The summed E-state index contributed by atoms with van der Waals surface area (Å²) in [4.78, 5) is 39.7. The van der Waals surface area contributed by atoms with Gasteiger partial charge in [0, 0.05) is 0 Å². The smallest absolute Gasteiger partial charge is 0.808 e.